The minimum atomic E-state index is -0.437. The van der Waals surface area contributed by atoms with Crippen LogP contribution in [0.2, 0.25) is 0 Å². The molecule has 1 N–H and O–H groups in total. The number of nitrogens with zero attached hydrogens (tertiary/aromatic N) is 1. The number of rotatable bonds is 6. The topological polar surface area (TPSA) is 60.3 Å². The van der Waals surface area contributed by atoms with Crippen LogP contribution in [-0.4, -0.2) is 23.6 Å². The van der Waals surface area contributed by atoms with Crippen molar-refractivity contribution in [3.05, 3.63) is 76.7 Å². The second kappa shape index (κ2) is 9.14. The lowest BCUT2D eigenvalue weighted by Crippen LogP contribution is -2.32. The van der Waals surface area contributed by atoms with Gasteiger partial charge in [-0.1, -0.05) is 36.1 Å². The first-order valence-corrected chi connectivity index (χ1v) is 7.84. The zero-order chi connectivity index (χ0) is 18.1. The van der Waals surface area contributed by atoms with E-state index in [4.69, 9.17) is 4.74 Å². The first-order valence-electron chi connectivity index (χ1n) is 7.84. The molecule has 25 heavy (non-hydrogen) atoms. The molecule has 2 aromatic rings. The second-order valence-corrected chi connectivity index (χ2v) is 5.26. The SMILES string of the molecule is C=CCc1ccccc1OCC#CCNC(=O)c1cccn(C)c1=O. The molecule has 1 aromatic heterocycles. The maximum absolute atomic E-state index is 12.0. The Balaban J connectivity index is 1.84. The molecule has 0 atom stereocenters. The molecule has 0 bridgehead atoms. The molecular formula is C20H20N2O3. The van der Waals surface area contributed by atoms with Crippen LogP contribution in [0.4, 0.5) is 0 Å². The van der Waals surface area contributed by atoms with Gasteiger partial charge in [0.15, 0.2) is 0 Å². The van der Waals surface area contributed by atoms with Gasteiger partial charge < -0.3 is 14.6 Å². The number of ether oxygens (including phenoxy) is 1. The number of carbonyl (C=O) groups excluding carboxylic acids is 1. The van der Waals surface area contributed by atoms with E-state index in [0.29, 0.717) is 0 Å². The molecule has 0 fully saturated rings. The van der Waals surface area contributed by atoms with Gasteiger partial charge in [0.2, 0.25) is 0 Å². The molecule has 0 unspecified atom stereocenters. The third kappa shape index (κ3) is 5.11. The summed E-state index contributed by atoms with van der Waals surface area (Å²) in [6, 6.07) is 10.8. The van der Waals surface area contributed by atoms with E-state index in [1.807, 2.05) is 30.3 Å². The van der Waals surface area contributed by atoms with Crippen molar-refractivity contribution in [3.8, 4) is 17.6 Å². The van der Waals surface area contributed by atoms with Gasteiger partial charge in [0, 0.05) is 13.2 Å². The third-order valence-electron chi connectivity index (χ3n) is 3.47. The largest absolute Gasteiger partial charge is 0.481 e. The Kier molecular flexibility index (Phi) is 6.61. The van der Waals surface area contributed by atoms with Gasteiger partial charge in [-0.05, 0) is 30.2 Å². The lowest BCUT2D eigenvalue weighted by atomic mass is 10.1. The van der Waals surface area contributed by atoms with Crippen molar-refractivity contribution in [1.82, 2.24) is 9.88 Å². The molecule has 0 saturated carbocycles. The predicted octanol–water partition coefficient (Wildman–Crippen LogP) is 1.93. The molecule has 128 valence electrons. The van der Waals surface area contributed by atoms with Crippen LogP contribution in [0.15, 0.2) is 60.0 Å². The minimum absolute atomic E-state index is 0.0985. The highest BCUT2D eigenvalue weighted by Crippen LogP contribution is 2.18. The normalized spacial score (nSPS) is 9.64. The van der Waals surface area contributed by atoms with Gasteiger partial charge >= 0.3 is 0 Å². The Morgan fingerprint density at radius 1 is 1.28 bits per heavy atom. The molecule has 0 spiro atoms. The Hall–Kier alpha value is -3.26. The van der Waals surface area contributed by atoms with Crippen LogP contribution >= 0.6 is 0 Å². The van der Waals surface area contributed by atoms with E-state index in [1.165, 1.54) is 10.6 Å². The first-order chi connectivity index (χ1) is 12.1. The molecule has 0 saturated heterocycles. The molecule has 1 heterocycles. The lowest BCUT2D eigenvalue weighted by Gasteiger charge is -2.07. The smallest absolute Gasteiger partial charge is 0.263 e. The van der Waals surface area contributed by atoms with Gasteiger partial charge in [-0.3, -0.25) is 9.59 Å². The summed E-state index contributed by atoms with van der Waals surface area (Å²) in [5.41, 5.74) is 0.809. The van der Waals surface area contributed by atoms with E-state index in [9.17, 15) is 9.59 Å². The number of benzene rings is 1. The van der Waals surface area contributed by atoms with Crippen molar-refractivity contribution in [2.75, 3.05) is 13.2 Å². The summed E-state index contributed by atoms with van der Waals surface area (Å²) in [4.78, 5) is 23.8. The van der Waals surface area contributed by atoms with Crippen LogP contribution in [0.5, 0.6) is 5.75 Å². The number of hydrogen-bond donors (Lipinski definition) is 1. The van der Waals surface area contributed by atoms with E-state index in [2.05, 4.69) is 23.7 Å². The zero-order valence-corrected chi connectivity index (χ0v) is 14.1. The number of amides is 1. The van der Waals surface area contributed by atoms with Gasteiger partial charge in [0.1, 0.15) is 17.9 Å². The quantitative estimate of drug-likeness (QED) is 0.648. The second-order valence-electron chi connectivity index (χ2n) is 5.26. The molecule has 1 aromatic carbocycles. The average Bonchev–Trinajstić information content (AvgIpc) is 2.61. The van der Waals surface area contributed by atoms with Crippen molar-refractivity contribution < 1.29 is 9.53 Å². The highest BCUT2D eigenvalue weighted by Gasteiger charge is 2.09. The fourth-order valence-electron chi connectivity index (χ4n) is 2.19. The van der Waals surface area contributed by atoms with Crippen molar-refractivity contribution >= 4 is 5.91 Å². The van der Waals surface area contributed by atoms with Gasteiger partial charge in [0.25, 0.3) is 11.5 Å². The molecule has 0 aliphatic carbocycles. The van der Waals surface area contributed by atoms with Crippen LogP contribution in [-0.2, 0) is 13.5 Å². The zero-order valence-electron chi connectivity index (χ0n) is 14.1. The maximum Gasteiger partial charge on any atom is 0.263 e. The minimum Gasteiger partial charge on any atom is -0.481 e. The molecule has 5 heteroatoms. The number of allylic oxidation sites excluding steroid dienone is 1. The average molecular weight is 336 g/mol. The van der Waals surface area contributed by atoms with Crippen LogP contribution < -0.4 is 15.6 Å². The molecule has 0 aliphatic heterocycles. The van der Waals surface area contributed by atoms with Crippen molar-refractivity contribution in [2.24, 2.45) is 7.05 Å². The summed E-state index contributed by atoms with van der Waals surface area (Å²) >= 11 is 0. The summed E-state index contributed by atoms with van der Waals surface area (Å²) in [6.45, 7) is 4.09. The summed E-state index contributed by atoms with van der Waals surface area (Å²) in [5, 5.41) is 2.60. The predicted molar refractivity (Wildman–Crippen MR) is 97.6 cm³/mol. The molecular weight excluding hydrogens is 316 g/mol. The highest BCUT2D eigenvalue weighted by molar-refractivity contribution is 5.93. The monoisotopic (exact) mass is 336 g/mol. The van der Waals surface area contributed by atoms with E-state index in [-0.39, 0.29) is 24.3 Å². The summed E-state index contributed by atoms with van der Waals surface area (Å²) in [6.07, 6.45) is 4.14. The number of pyridine rings is 1. The van der Waals surface area contributed by atoms with Crippen LogP contribution in [0.3, 0.4) is 0 Å². The molecule has 2 rings (SSSR count). The van der Waals surface area contributed by atoms with E-state index in [0.717, 1.165) is 17.7 Å². The van der Waals surface area contributed by atoms with E-state index in [1.54, 1.807) is 19.3 Å². The number of aryl methyl sites for hydroxylation is 1. The first kappa shape index (κ1) is 18.1. The third-order valence-corrected chi connectivity index (χ3v) is 3.47. The summed E-state index contributed by atoms with van der Waals surface area (Å²) in [5.74, 6) is 5.98. The number of nitrogens with one attached hydrogen (secondary N) is 1. The van der Waals surface area contributed by atoms with Crippen molar-refractivity contribution in [3.63, 3.8) is 0 Å². The van der Waals surface area contributed by atoms with Gasteiger partial charge in [-0.15, -0.1) is 6.58 Å². The summed E-state index contributed by atoms with van der Waals surface area (Å²) < 4.78 is 6.99. The lowest BCUT2D eigenvalue weighted by molar-refractivity contribution is 0.0956. The highest BCUT2D eigenvalue weighted by atomic mass is 16.5. The molecule has 0 aliphatic rings. The Bertz CT molecular complexity index is 872. The van der Waals surface area contributed by atoms with Gasteiger partial charge in [-0.2, -0.15) is 0 Å². The standard InChI is InChI=1S/C20H20N2O3/c1-3-9-16-10-4-5-12-18(16)25-15-7-6-13-21-19(23)17-11-8-14-22(2)20(17)24/h3-5,8,10-12,14H,1,9,13,15H2,2H3,(H,21,23). The van der Waals surface area contributed by atoms with Crippen LogP contribution in [0, 0.1) is 11.8 Å². The molecule has 5 nitrogen and oxygen atoms in total. The number of aromatic nitrogens is 1. The van der Waals surface area contributed by atoms with Gasteiger partial charge in [-0.25, -0.2) is 0 Å². The Morgan fingerprint density at radius 2 is 2.08 bits per heavy atom. The van der Waals surface area contributed by atoms with Crippen LogP contribution in [0.1, 0.15) is 15.9 Å². The van der Waals surface area contributed by atoms with Gasteiger partial charge in [0.05, 0.1) is 6.54 Å². The number of hydrogen-bond acceptors (Lipinski definition) is 3. The fraction of sp³-hybridized carbons (Fsp3) is 0.200. The molecule has 1 amide bonds. The van der Waals surface area contributed by atoms with Crippen molar-refractivity contribution in [2.45, 2.75) is 6.42 Å². The van der Waals surface area contributed by atoms with Crippen LogP contribution in [0.25, 0.3) is 0 Å². The fourth-order valence-corrected chi connectivity index (χ4v) is 2.19. The maximum atomic E-state index is 12.0. The summed E-state index contributed by atoms with van der Waals surface area (Å²) in [7, 11) is 1.60. The molecule has 0 radical (unpaired) electrons. The number of carbonyl (C=O) groups is 1. The Labute approximate surface area is 146 Å². The van der Waals surface area contributed by atoms with E-state index < -0.39 is 5.91 Å². The van der Waals surface area contributed by atoms with Crippen molar-refractivity contribution in [1.29, 1.82) is 0 Å². The Morgan fingerprint density at radius 3 is 2.88 bits per heavy atom. The number of para-hydroxylation sites is 1. The van der Waals surface area contributed by atoms with E-state index >= 15 is 0 Å².